The molecule has 3 aromatic carbocycles. The van der Waals surface area contributed by atoms with Gasteiger partial charge in [-0.2, -0.15) is 0 Å². The van der Waals surface area contributed by atoms with Crippen LogP contribution in [0, 0.1) is 0 Å². The molecule has 216 valence electrons. The van der Waals surface area contributed by atoms with Crippen LogP contribution in [0.3, 0.4) is 0 Å². The SMILES string of the molecule is CCOC(=O)C1=C(c2ccccc2)N=c2s/c(=C\c3cccc(OC)c3OCc3ccccc3)c(=O)n2[C@@H]1c1cccs1. The summed E-state index contributed by atoms with van der Waals surface area (Å²) in [5.74, 6) is 0.596. The van der Waals surface area contributed by atoms with Gasteiger partial charge in [-0.15, -0.1) is 11.3 Å². The van der Waals surface area contributed by atoms with E-state index in [0.717, 1.165) is 16.0 Å². The average molecular weight is 609 g/mol. The zero-order valence-corrected chi connectivity index (χ0v) is 25.2. The molecule has 7 nitrogen and oxygen atoms in total. The number of thiazole rings is 1. The molecule has 6 rings (SSSR count). The lowest BCUT2D eigenvalue weighted by molar-refractivity contribution is -0.138. The van der Waals surface area contributed by atoms with Crippen molar-refractivity contribution >= 4 is 40.4 Å². The van der Waals surface area contributed by atoms with Crippen molar-refractivity contribution in [3.8, 4) is 11.5 Å². The van der Waals surface area contributed by atoms with Gasteiger partial charge in [0.2, 0.25) is 0 Å². The summed E-state index contributed by atoms with van der Waals surface area (Å²) in [5.41, 5.74) is 3.05. The lowest BCUT2D eigenvalue weighted by Crippen LogP contribution is -2.39. The predicted molar refractivity (Wildman–Crippen MR) is 169 cm³/mol. The maximum absolute atomic E-state index is 14.2. The number of carbonyl (C=O) groups is 1. The zero-order chi connectivity index (χ0) is 29.8. The first kappa shape index (κ1) is 28.4. The maximum Gasteiger partial charge on any atom is 0.338 e. The first-order valence-electron chi connectivity index (χ1n) is 13.7. The Morgan fingerprint density at radius 1 is 0.977 bits per heavy atom. The molecule has 9 heteroatoms. The van der Waals surface area contributed by atoms with Gasteiger partial charge < -0.3 is 14.2 Å². The minimum atomic E-state index is -0.688. The van der Waals surface area contributed by atoms with Gasteiger partial charge in [-0.1, -0.05) is 90.2 Å². The fourth-order valence-electron chi connectivity index (χ4n) is 4.99. The molecule has 0 saturated heterocycles. The van der Waals surface area contributed by atoms with Crippen molar-refractivity contribution in [3.05, 3.63) is 143 Å². The fourth-order valence-corrected chi connectivity index (χ4v) is 6.80. The number of rotatable bonds is 9. The molecule has 0 saturated carbocycles. The smallest absolute Gasteiger partial charge is 0.338 e. The summed E-state index contributed by atoms with van der Waals surface area (Å²) >= 11 is 2.75. The molecule has 0 amide bonds. The number of ether oxygens (including phenoxy) is 3. The molecular formula is C34H28N2O5S2. The molecule has 1 aliphatic rings. The van der Waals surface area contributed by atoms with Gasteiger partial charge in [0, 0.05) is 16.0 Å². The Labute approximate surface area is 256 Å². The molecule has 0 radical (unpaired) electrons. The molecule has 43 heavy (non-hydrogen) atoms. The van der Waals surface area contributed by atoms with Gasteiger partial charge in [-0.05, 0) is 36.1 Å². The molecule has 0 aliphatic carbocycles. The molecule has 2 aromatic heterocycles. The van der Waals surface area contributed by atoms with Crippen LogP contribution in [0.25, 0.3) is 11.8 Å². The van der Waals surface area contributed by atoms with Crippen molar-refractivity contribution in [1.82, 2.24) is 4.57 Å². The summed E-state index contributed by atoms with van der Waals surface area (Å²) in [6.07, 6.45) is 1.80. The van der Waals surface area contributed by atoms with E-state index >= 15 is 0 Å². The van der Waals surface area contributed by atoms with Gasteiger partial charge in [0.25, 0.3) is 5.56 Å². The molecule has 0 N–H and O–H groups in total. The summed E-state index contributed by atoms with van der Waals surface area (Å²) in [4.78, 5) is 33.9. The molecular weight excluding hydrogens is 581 g/mol. The highest BCUT2D eigenvalue weighted by atomic mass is 32.1. The number of hydrogen-bond donors (Lipinski definition) is 0. The van der Waals surface area contributed by atoms with Gasteiger partial charge >= 0.3 is 5.97 Å². The normalized spacial score (nSPS) is 14.7. The van der Waals surface area contributed by atoms with E-state index in [1.165, 1.54) is 22.7 Å². The Hall–Kier alpha value is -4.73. The Morgan fingerprint density at radius 2 is 1.74 bits per heavy atom. The minimum absolute atomic E-state index is 0.202. The van der Waals surface area contributed by atoms with Crippen LogP contribution in [0.15, 0.2) is 112 Å². The monoisotopic (exact) mass is 608 g/mol. The van der Waals surface area contributed by atoms with Gasteiger partial charge in [0.05, 0.1) is 29.5 Å². The van der Waals surface area contributed by atoms with E-state index in [1.807, 2.05) is 96.4 Å². The van der Waals surface area contributed by atoms with Crippen LogP contribution in [0.1, 0.15) is 34.5 Å². The van der Waals surface area contributed by atoms with Crippen LogP contribution < -0.4 is 24.4 Å². The number of nitrogens with zero attached hydrogens (tertiary/aromatic N) is 2. The van der Waals surface area contributed by atoms with Crippen LogP contribution in [0.5, 0.6) is 11.5 Å². The van der Waals surface area contributed by atoms with E-state index in [-0.39, 0.29) is 12.2 Å². The van der Waals surface area contributed by atoms with Gasteiger partial charge in [0.1, 0.15) is 12.6 Å². The highest BCUT2D eigenvalue weighted by Gasteiger charge is 2.35. The quantitative estimate of drug-likeness (QED) is 0.204. The Kier molecular flexibility index (Phi) is 8.35. The largest absolute Gasteiger partial charge is 0.493 e. The van der Waals surface area contributed by atoms with Gasteiger partial charge in [-0.25, -0.2) is 9.79 Å². The summed E-state index contributed by atoms with van der Waals surface area (Å²) in [6.45, 7) is 2.31. The second-order valence-electron chi connectivity index (χ2n) is 9.60. The first-order chi connectivity index (χ1) is 21.1. The number of carbonyl (C=O) groups excluding carboxylic acids is 1. The molecule has 5 aromatic rings. The summed E-state index contributed by atoms with van der Waals surface area (Å²) in [6, 6.07) is 28.1. The van der Waals surface area contributed by atoms with Crippen LogP contribution in [0.2, 0.25) is 0 Å². The zero-order valence-electron chi connectivity index (χ0n) is 23.6. The fraction of sp³-hybridized carbons (Fsp3) is 0.147. The number of methoxy groups -OCH3 is 1. The number of benzene rings is 3. The predicted octanol–water partition coefficient (Wildman–Crippen LogP) is 5.58. The second kappa shape index (κ2) is 12.6. The van der Waals surface area contributed by atoms with Crippen molar-refractivity contribution in [2.75, 3.05) is 13.7 Å². The van der Waals surface area contributed by atoms with Gasteiger partial charge in [0.15, 0.2) is 16.3 Å². The highest BCUT2D eigenvalue weighted by molar-refractivity contribution is 7.10. The number of aromatic nitrogens is 1. The Morgan fingerprint density at radius 3 is 2.44 bits per heavy atom. The van der Waals surface area contributed by atoms with E-state index in [1.54, 1.807) is 24.7 Å². The lowest BCUT2D eigenvalue weighted by Gasteiger charge is -2.24. The van der Waals surface area contributed by atoms with Crippen molar-refractivity contribution in [2.24, 2.45) is 4.99 Å². The van der Waals surface area contributed by atoms with Crippen LogP contribution in [-0.2, 0) is 16.1 Å². The molecule has 0 bridgehead atoms. The van der Waals surface area contributed by atoms with Crippen LogP contribution in [-0.4, -0.2) is 24.3 Å². The van der Waals surface area contributed by atoms with E-state index in [4.69, 9.17) is 19.2 Å². The molecule has 1 atom stereocenters. The molecule has 1 aliphatic heterocycles. The summed E-state index contributed by atoms with van der Waals surface area (Å²) < 4.78 is 19.4. The third-order valence-electron chi connectivity index (χ3n) is 6.93. The number of thiophene rings is 1. The van der Waals surface area contributed by atoms with Gasteiger partial charge in [-0.3, -0.25) is 9.36 Å². The minimum Gasteiger partial charge on any atom is -0.493 e. The number of fused-ring (bicyclic) bond motifs is 1. The third kappa shape index (κ3) is 5.69. The molecule has 0 spiro atoms. The standard InChI is InChI=1S/C34H28N2O5S2/c1-3-40-33(38)28-29(23-14-8-5-9-15-23)35-34-36(30(28)26-18-11-19-42-26)32(37)27(43-34)20-24-16-10-17-25(39-2)31(24)41-21-22-12-6-4-7-13-22/h4-20,30H,3,21H2,1-2H3/b27-20-/t30-/m1/s1. The third-order valence-corrected chi connectivity index (χ3v) is 8.84. The van der Waals surface area contributed by atoms with E-state index in [2.05, 4.69) is 0 Å². The van der Waals surface area contributed by atoms with E-state index in [9.17, 15) is 9.59 Å². The Bertz CT molecular complexity index is 1960. The molecule has 3 heterocycles. The van der Waals surface area contributed by atoms with Crippen molar-refractivity contribution in [2.45, 2.75) is 19.6 Å². The Balaban J connectivity index is 1.54. The molecule has 0 unspecified atom stereocenters. The average Bonchev–Trinajstić information content (AvgIpc) is 3.69. The first-order valence-corrected chi connectivity index (χ1v) is 15.4. The lowest BCUT2D eigenvalue weighted by atomic mass is 9.97. The summed E-state index contributed by atoms with van der Waals surface area (Å²) in [5, 5.41) is 1.93. The van der Waals surface area contributed by atoms with Crippen LogP contribution >= 0.6 is 22.7 Å². The molecule has 0 fully saturated rings. The number of esters is 1. The van der Waals surface area contributed by atoms with E-state index in [0.29, 0.717) is 44.3 Å². The topological polar surface area (TPSA) is 79.1 Å². The van der Waals surface area contributed by atoms with Crippen LogP contribution in [0.4, 0.5) is 0 Å². The van der Waals surface area contributed by atoms with Crippen molar-refractivity contribution < 1.29 is 19.0 Å². The van der Waals surface area contributed by atoms with Crippen molar-refractivity contribution in [3.63, 3.8) is 0 Å². The number of hydrogen-bond acceptors (Lipinski definition) is 8. The second-order valence-corrected chi connectivity index (χ2v) is 11.6. The maximum atomic E-state index is 14.2. The van der Waals surface area contributed by atoms with Crippen molar-refractivity contribution in [1.29, 1.82) is 0 Å². The van der Waals surface area contributed by atoms with E-state index < -0.39 is 12.0 Å². The number of para-hydroxylation sites is 1. The highest BCUT2D eigenvalue weighted by Crippen LogP contribution is 2.37. The summed E-state index contributed by atoms with van der Waals surface area (Å²) in [7, 11) is 1.59.